The van der Waals surface area contributed by atoms with Crippen molar-refractivity contribution in [3.63, 3.8) is 0 Å². The number of aromatic amines is 1. The zero-order valence-electron chi connectivity index (χ0n) is 21.5. The number of morpholine rings is 1. The summed E-state index contributed by atoms with van der Waals surface area (Å²) in [6, 6.07) is 18.0. The van der Waals surface area contributed by atoms with Crippen LogP contribution in [0, 0.1) is 0 Å². The van der Waals surface area contributed by atoms with Crippen LogP contribution in [0.5, 0.6) is 11.5 Å². The number of ether oxygens (including phenoxy) is 2. The highest BCUT2D eigenvalue weighted by Crippen LogP contribution is 2.43. The Morgan fingerprint density at radius 2 is 2.05 bits per heavy atom. The van der Waals surface area contributed by atoms with E-state index in [9.17, 15) is 4.79 Å². The minimum atomic E-state index is -0.194. The SMILES string of the molecule is CN(C)c1nccc(CNc2ccc3c(c2)Cc2cccc(C4CN(c5ccc[nH]c5=O)CCO4)c2O3)n1. The Kier molecular flexibility index (Phi) is 6.43. The molecule has 6 rings (SSSR count). The highest BCUT2D eigenvalue weighted by Gasteiger charge is 2.29. The number of pyridine rings is 1. The summed E-state index contributed by atoms with van der Waals surface area (Å²) in [7, 11) is 3.86. The summed E-state index contributed by atoms with van der Waals surface area (Å²) < 4.78 is 12.6. The molecule has 1 saturated heterocycles. The number of nitrogens with one attached hydrogen (secondary N) is 2. The number of rotatable bonds is 6. The van der Waals surface area contributed by atoms with Gasteiger partial charge >= 0.3 is 0 Å². The van der Waals surface area contributed by atoms with E-state index in [1.54, 1.807) is 12.4 Å². The number of fused-ring (bicyclic) bond motifs is 2. The van der Waals surface area contributed by atoms with Gasteiger partial charge in [-0.15, -0.1) is 0 Å². The number of para-hydroxylation sites is 1. The van der Waals surface area contributed by atoms with Crippen LogP contribution < -0.4 is 25.4 Å². The van der Waals surface area contributed by atoms with Crippen LogP contribution in [0.15, 0.2) is 71.8 Å². The molecule has 2 aromatic carbocycles. The van der Waals surface area contributed by atoms with Crippen LogP contribution in [-0.4, -0.2) is 48.7 Å². The molecule has 2 aliphatic rings. The Morgan fingerprint density at radius 1 is 1.13 bits per heavy atom. The van der Waals surface area contributed by atoms with Crippen LogP contribution in [0.1, 0.15) is 28.5 Å². The first-order chi connectivity index (χ1) is 18.5. The Morgan fingerprint density at radius 3 is 2.92 bits per heavy atom. The molecule has 2 aliphatic heterocycles. The lowest BCUT2D eigenvalue weighted by atomic mass is 9.95. The lowest BCUT2D eigenvalue weighted by Crippen LogP contribution is -2.41. The van der Waals surface area contributed by atoms with Crippen molar-refractivity contribution in [3.05, 3.63) is 99.7 Å². The van der Waals surface area contributed by atoms with Gasteiger partial charge in [-0.25, -0.2) is 9.97 Å². The number of hydrogen-bond donors (Lipinski definition) is 2. The third kappa shape index (κ3) is 4.80. The quantitative estimate of drug-likeness (QED) is 0.352. The van der Waals surface area contributed by atoms with Crippen LogP contribution in [0.3, 0.4) is 0 Å². The highest BCUT2D eigenvalue weighted by atomic mass is 16.5. The molecule has 4 heterocycles. The molecule has 9 heteroatoms. The molecule has 9 nitrogen and oxygen atoms in total. The molecule has 0 radical (unpaired) electrons. The van der Waals surface area contributed by atoms with Gasteiger partial charge in [0.1, 0.15) is 23.3 Å². The lowest BCUT2D eigenvalue weighted by Gasteiger charge is -2.35. The van der Waals surface area contributed by atoms with Gasteiger partial charge in [-0.2, -0.15) is 0 Å². The van der Waals surface area contributed by atoms with Crippen molar-refractivity contribution in [1.82, 2.24) is 15.0 Å². The monoisotopic (exact) mass is 510 g/mol. The molecule has 0 amide bonds. The van der Waals surface area contributed by atoms with E-state index in [-0.39, 0.29) is 11.7 Å². The summed E-state index contributed by atoms with van der Waals surface area (Å²) in [6.45, 7) is 2.39. The standard InChI is InChI=1S/C29H30N6O3/c1-34(2)29-31-12-10-22(33-29)17-32-21-8-9-25-20(16-21)15-19-5-3-6-23(27(19)38-25)26-18-35(13-14-37-26)24-7-4-11-30-28(24)36/h3-12,16,26,32H,13-15,17-18H2,1-2H3,(H,30,36). The number of anilines is 3. The molecular formula is C29H30N6O3. The van der Waals surface area contributed by atoms with Crippen molar-refractivity contribution in [1.29, 1.82) is 0 Å². The van der Waals surface area contributed by atoms with Gasteiger partial charge in [0.25, 0.3) is 5.56 Å². The lowest BCUT2D eigenvalue weighted by molar-refractivity contribution is 0.0383. The van der Waals surface area contributed by atoms with Crippen LogP contribution in [0.2, 0.25) is 0 Å². The predicted octanol–water partition coefficient (Wildman–Crippen LogP) is 4.12. The summed E-state index contributed by atoms with van der Waals surface area (Å²) in [5.41, 5.74) is 5.76. The first kappa shape index (κ1) is 24.0. The van der Waals surface area contributed by atoms with Gasteiger partial charge in [0.05, 0.1) is 18.8 Å². The molecule has 1 unspecified atom stereocenters. The zero-order valence-corrected chi connectivity index (χ0v) is 21.5. The van der Waals surface area contributed by atoms with E-state index in [0.29, 0.717) is 37.9 Å². The van der Waals surface area contributed by atoms with Gasteiger partial charge in [-0.05, 0) is 42.0 Å². The fourth-order valence-corrected chi connectivity index (χ4v) is 4.97. The second-order valence-electron chi connectivity index (χ2n) is 9.72. The van der Waals surface area contributed by atoms with E-state index in [1.165, 1.54) is 0 Å². The van der Waals surface area contributed by atoms with E-state index in [4.69, 9.17) is 9.47 Å². The van der Waals surface area contributed by atoms with E-state index < -0.39 is 0 Å². The van der Waals surface area contributed by atoms with Crippen molar-refractivity contribution in [2.75, 3.05) is 48.9 Å². The van der Waals surface area contributed by atoms with Crippen LogP contribution in [0.25, 0.3) is 0 Å². The highest BCUT2D eigenvalue weighted by molar-refractivity contribution is 5.59. The Balaban J connectivity index is 1.19. The van der Waals surface area contributed by atoms with Crippen molar-refractivity contribution in [2.45, 2.75) is 19.1 Å². The molecule has 0 aliphatic carbocycles. The number of hydrogen-bond acceptors (Lipinski definition) is 8. The third-order valence-corrected chi connectivity index (χ3v) is 6.91. The molecule has 1 fully saturated rings. The average Bonchev–Trinajstić information content (AvgIpc) is 2.95. The maximum absolute atomic E-state index is 12.4. The molecule has 0 saturated carbocycles. The number of nitrogens with zero attached hydrogens (tertiary/aromatic N) is 4. The largest absolute Gasteiger partial charge is 0.456 e. The van der Waals surface area contributed by atoms with Crippen molar-refractivity contribution < 1.29 is 9.47 Å². The summed E-state index contributed by atoms with van der Waals surface area (Å²) in [5.74, 6) is 2.39. The summed E-state index contributed by atoms with van der Waals surface area (Å²) in [5, 5.41) is 3.47. The Labute approximate surface area is 221 Å². The van der Waals surface area contributed by atoms with E-state index in [2.05, 4.69) is 49.4 Å². The molecule has 194 valence electrons. The van der Waals surface area contributed by atoms with Gasteiger partial charge in [-0.1, -0.05) is 18.2 Å². The molecular weight excluding hydrogens is 480 g/mol. The second kappa shape index (κ2) is 10.2. The number of H-pyrrole nitrogens is 1. The Hall–Kier alpha value is -4.37. The fourth-order valence-electron chi connectivity index (χ4n) is 4.97. The molecule has 38 heavy (non-hydrogen) atoms. The second-order valence-corrected chi connectivity index (χ2v) is 9.72. The van der Waals surface area contributed by atoms with Crippen molar-refractivity contribution in [3.8, 4) is 11.5 Å². The minimum Gasteiger partial charge on any atom is -0.456 e. The molecule has 4 aromatic rings. The van der Waals surface area contributed by atoms with Crippen molar-refractivity contribution in [2.24, 2.45) is 0 Å². The maximum atomic E-state index is 12.4. The molecule has 1 atom stereocenters. The molecule has 0 bridgehead atoms. The van der Waals surface area contributed by atoms with Gasteiger partial charge in [0, 0.05) is 62.8 Å². The summed E-state index contributed by atoms with van der Waals surface area (Å²) in [4.78, 5) is 28.0. The van der Waals surface area contributed by atoms with Gasteiger partial charge in [0.2, 0.25) is 5.95 Å². The topological polar surface area (TPSA) is 95.6 Å². The number of aromatic nitrogens is 3. The predicted molar refractivity (Wildman–Crippen MR) is 147 cm³/mol. The van der Waals surface area contributed by atoms with Gasteiger partial charge in [0.15, 0.2) is 0 Å². The Bertz CT molecular complexity index is 1520. The normalized spacial score (nSPS) is 16.3. The van der Waals surface area contributed by atoms with Crippen LogP contribution in [-0.2, 0) is 17.7 Å². The van der Waals surface area contributed by atoms with Crippen LogP contribution >= 0.6 is 0 Å². The zero-order chi connectivity index (χ0) is 26.1. The van der Waals surface area contributed by atoms with E-state index in [1.807, 2.05) is 49.3 Å². The first-order valence-corrected chi connectivity index (χ1v) is 12.7. The third-order valence-electron chi connectivity index (χ3n) is 6.91. The molecule has 2 aromatic heterocycles. The number of benzene rings is 2. The van der Waals surface area contributed by atoms with E-state index >= 15 is 0 Å². The van der Waals surface area contributed by atoms with Crippen molar-refractivity contribution >= 4 is 17.3 Å². The first-order valence-electron chi connectivity index (χ1n) is 12.7. The summed E-state index contributed by atoms with van der Waals surface area (Å²) in [6.07, 6.45) is 4.00. The maximum Gasteiger partial charge on any atom is 0.271 e. The summed E-state index contributed by atoms with van der Waals surface area (Å²) >= 11 is 0. The minimum absolute atomic E-state index is 0.0873. The molecule has 2 N–H and O–H groups in total. The molecule has 0 spiro atoms. The smallest absolute Gasteiger partial charge is 0.271 e. The van der Waals surface area contributed by atoms with Gasteiger partial charge in [-0.3, -0.25) is 4.79 Å². The average molecular weight is 511 g/mol. The van der Waals surface area contributed by atoms with E-state index in [0.717, 1.165) is 46.0 Å². The van der Waals surface area contributed by atoms with Gasteiger partial charge < -0.3 is 29.6 Å². The van der Waals surface area contributed by atoms with Crippen LogP contribution in [0.4, 0.5) is 17.3 Å². The fraction of sp³-hybridized carbons (Fsp3) is 0.276.